The van der Waals surface area contributed by atoms with Gasteiger partial charge in [-0.3, -0.25) is 9.36 Å². The number of hydrogen-bond donors (Lipinski definition) is 0. The molecule has 0 radical (unpaired) electrons. The summed E-state index contributed by atoms with van der Waals surface area (Å²) in [7, 11) is 0. The van der Waals surface area contributed by atoms with Gasteiger partial charge in [0, 0.05) is 35.3 Å². The number of nitrogens with zero attached hydrogens (tertiary/aromatic N) is 6. The van der Waals surface area contributed by atoms with Gasteiger partial charge in [-0.1, -0.05) is 108 Å². The lowest BCUT2D eigenvalue weighted by Crippen LogP contribution is -2.46. The summed E-state index contributed by atoms with van der Waals surface area (Å²) >= 11 is 0. The fourth-order valence-corrected chi connectivity index (χ4v) is 7.42. The van der Waals surface area contributed by atoms with Crippen LogP contribution in [0.3, 0.4) is 0 Å². The molecule has 0 amide bonds. The minimum Gasteiger partial charge on any atom is -0.340 e. The van der Waals surface area contributed by atoms with Gasteiger partial charge < -0.3 is 9.47 Å². The monoisotopic (exact) mass is 792 g/mol. The van der Waals surface area contributed by atoms with Gasteiger partial charge in [0.15, 0.2) is 0 Å². The summed E-state index contributed by atoms with van der Waals surface area (Å²) in [6.07, 6.45) is 8.54. The van der Waals surface area contributed by atoms with E-state index in [9.17, 15) is 0 Å². The van der Waals surface area contributed by atoms with Crippen molar-refractivity contribution in [2.75, 3.05) is 0 Å². The molecule has 6 atom stereocenters. The van der Waals surface area contributed by atoms with Gasteiger partial charge in [-0.05, 0) is 91.9 Å². The second kappa shape index (κ2) is 18.3. The molecule has 12 nitrogen and oxygen atoms in total. The molecule has 12 heteroatoms. The summed E-state index contributed by atoms with van der Waals surface area (Å²) in [4.78, 5) is 22.9. The van der Waals surface area contributed by atoms with E-state index in [1.54, 1.807) is 0 Å². The van der Waals surface area contributed by atoms with E-state index < -0.39 is 23.8 Å². The number of hydrogen-bond acceptors (Lipinski definition) is 10. The lowest BCUT2D eigenvalue weighted by atomic mass is 9.92. The Morgan fingerprint density at radius 2 is 0.931 bits per heavy atom. The van der Waals surface area contributed by atoms with E-state index in [1.807, 2.05) is 73.7 Å². The van der Waals surface area contributed by atoms with Crippen LogP contribution in [0.25, 0.3) is 22.5 Å². The van der Waals surface area contributed by atoms with Crippen LogP contribution in [0.4, 0.5) is 0 Å². The predicted molar refractivity (Wildman–Crippen MR) is 221 cm³/mol. The van der Waals surface area contributed by atoms with Crippen molar-refractivity contribution < 1.29 is 29.0 Å². The summed E-state index contributed by atoms with van der Waals surface area (Å²) < 4.78 is 16.7. The fraction of sp³-hybridized carbons (Fsp3) is 0.522. The van der Waals surface area contributed by atoms with Crippen molar-refractivity contribution in [2.45, 2.75) is 143 Å². The predicted octanol–water partition coefficient (Wildman–Crippen LogP) is 10.1. The van der Waals surface area contributed by atoms with Crippen molar-refractivity contribution >= 4 is 0 Å². The van der Waals surface area contributed by atoms with E-state index in [2.05, 4.69) is 96.9 Å². The molecule has 0 N–H and O–H groups in total. The quantitative estimate of drug-likeness (QED) is 0.0894. The molecule has 2 aliphatic rings. The molecule has 0 aliphatic carbocycles. The molecule has 2 aliphatic heterocycles. The lowest BCUT2D eigenvalue weighted by molar-refractivity contribution is -0.487. The van der Waals surface area contributed by atoms with E-state index in [-0.39, 0.29) is 12.2 Å². The van der Waals surface area contributed by atoms with Crippen LogP contribution in [-0.2, 0) is 42.1 Å². The number of ether oxygens (including phenoxy) is 2. The van der Waals surface area contributed by atoms with Crippen molar-refractivity contribution in [3.05, 3.63) is 107 Å². The van der Waals surface area contributed by atoms with Gasteiger partial charge in [-0.25, -0.2) is 9.78 Å². The molecule has 58 heavy (non-hydrogen) atoms. The van der Waals surface area contributed by atoms with Crippen LogP contribution in [0, 0.1) is 25.7 Å². The van der Waals surface area contributed by atoms with Crippen molar-refractivity contribution in [2.24, 2.45) is 11.8 Å². The molecule has 5 aromatic rings. The normalized spacial score (nSPS) is 22.8. The number of benzene rings is 3. The first-order valence-electron chi connectivity index (χ1n) is 20.9. The molecule has 4 heterocycles. The summed E-state index contributed by atoms with van der Waals surface area (Å²) in [6.45, 7) is 18.4. The molecule has 0 spiro atoms. The van der Waals surface area contributed by atoms with E-state index in [0.29, 0.717) is 11.8 Å². The third kappa shape index (κ3) is 10.7. The van der Waals surface area contributed by atoms with Crippen LogP contribution < -0.4 is 0 Å². The fourth-order valence-electron chi connectivity index (χ4n) is 7.42. The highest BCUT2D eigenvalue weighted by molar-refractivity contribution is 5.65. The zero-order chi connectivity index (χ0) is 40.9. The molecule has 0 bridgehead atoms. The Hall–Kier alpha value is -4.30. The van der Waals surface area contributed by atoms with Crippen LogP contribution in [0.1, 0.15) is 115 Å². The Kier molecular flexibility index (Phi) is 13.2. The zero-order valence-electron chi connectivity index (χ0n) is 35.3. The average molecular weight is 793 g/mol. The number of aryl methyl sites for hydroxylation is 4. The van der Waals surface area contributed by atoms with Crippen LogP contribution in [0.15, 0.2) is 85.2 Å². The molecule has 6 unspecified atom stereocenters. The third-order valence-corrected chi connectivity index (χ3v) is 11.6. The van der Waals surface area contributed by atoms with Crippen LogP contribution in [-0.4, -0.2) is 53.4 Å². The topological polar surface area (TPSA) is 117 Å². The molecule has 0 saturated carbocycles. The Morgan fingerprint density at radius 3 is 1.31 bits per heavy atom. The van der Waals surface area contributed by atoms with E-state index >= 15 is 0 Å². The van der Waals surface area contributed by atoms with Gasteiger partial charge in [0.1, 0.15) is 22.6 Å². The van der Waals surface area contributed by atoms with Gasteiger partial charge >= 0.3 is 0 Å². The van der Waals surface area contributed by atoms with Crippen LogP contribution in [0.2, 0.25) is 0 Å². The first kappa shape index (κ1) is 41.8. The molecular formula is C46H60N6O6. The van der Waals surface area contributed by atoms with Crippen LogP contribution >= 0.6 is 0 Å². The standard InChI is InChI=1S/C46H60N6O6/c1-31-9-15-37(16-10-31)43-53-41(45(5,6)57-55-43)23-13-33(3)25-27-51-29-39(47-49-51)35-19-21-36(22-20-35)40-30-52(50-48-40)28-26-34(4)14-24-42-46(7,8)58-56-44(54-42)38-17-11-32(2)12-18-38/h9-12,15-22,29-30,33-34,41-44H,13-14,23-28H2,1-8H3. The zero-order valence-corrected chi connectivity index (χ0v) is 35.3. The van der Waals surface area contributed by atoms with Crippen molar-refractivity contribution in [1.82, 2.24) is 30.0 Å². The molecule has 7 rings (SSSR count). The minimum atomic E-state index is -0.531. The maximum absolute atomic E-state index is 6.40. The molecule has 2 saturated heterocycles. The SMILES string of the molecule is Cc1ccc(C2OOC(C)(C)C(CCC(C)CCn3cc(-c4ccc(-c5cn(CCC(C)CCC6OC(c7ccc(C)cc7)OOC6(C)C)nn5)cc4)nn3)O2)cc1. The van der Waals surface area contributed by atoms with Gasteiger partial charge in [0.2, 0.25) is 12.6 Å². The minimum absolute atomic E-state index is 0.0825. The smallest absolute Gasteiger partial charge is 0.217 e. The van der Waals surface area contributed by atoms with Crippen molar-refractivity contribution in [3.63, 3.8) is 0 Å². The largest absolute Gasteiger partial charge is 0.340 e. The maximum atomic E-state index is 6.40. The molecule has 2 aromatic heterocycles. The van der Waals surface area contributed by atoms with Gasteiger partial charge in [-0.15, -0.1) is 10.2 Å². The highest BCUT2D eigenvalue weighted by Crippen LogP contribution is 2.38. The second-order valence-corrected chi connectivity index (χ2v) is 17.6. The van der Waals surface area contributed by atoms with E-state index in [4.69, 9.17) is 29.0 Å². The van der Waals surface area contributed by atoms with Gasteiger partial charge in [0.05, 0.1) is 24.6 Å². The summed E-state index contributed by atoms with van der Waals surface area (Å²) in [5.74, 6) is 0.936. The second-order valence-electron chi connectivity index (χ2n) is 17.6. The van der Waals surface area contributed by atoms with Gasteiger partial charge in [-0.2, -0.15) is 9.78 Å². The highest BCUT2D eigenvalue weighted by Gasteiger charge is 2.42. The first-order chi connectivity index (χ1) is 27.8. The Balaban J connectivity index is 0.839. The lowest BCUT2D eigenvalue weighted by Gasteiger charge is -2.41. The molecular weight excluding hydrogens is 733 g/mol. The Labute approximate surface area is 343 Å². The van der Waals surface area contributed by atoms with Crippen molar-refractivity contribution in [3.8, 4) is 22.5 Å². The number of rotatable bonds is 16. The molecule has 3 aromatic carbocycles. The Morgan fingerprint density at radius 1 is 0.552 bits per heavy atom. The number of aromatic nitrogens is 6. The van der Waals surface area contributed by atoms with Crippen LogP contribution in [0.5, 0.6) is 0 Å². The van der Waals surface area contributed by atoms with Crippen molar-refractivity contribution in [1.29, 1.82) is 0 Å². The van der Waals surface area contributed by atoms with Gasteiger partial charge in [0.25, 0.3) is 0 Å². The third-order valence-electron chi connectivity index (χ3n) is 11.6. The summed E-state index contributed by atoms with van der Waals surface area (Å²) in [5.41, 5.74) is 6.97. The van der Waals surface area contributed by atoms with E-state index in [0.717, 1.165) is 85.3 Å². The molecule has 310 valence electrons. The maximum Gasteiger partial charge on any atom is 0.217 e. The summed E-state index contributed by atoms with van der Waals surface area (Å²) in [5, 5.41) is 17.8. The summed E-state index contributed by atoms with van der Waals surface area (Å²) in [6, 6.07) is 24.7. The average Bonchev–Trinajstić information content (AvgIpc) is 3.90. The van der Waals surface area contributed by atoms with E-state index in [1.165, 1.54) is 11.1 Å². The molecule has 2 fully saturated rings. The first-order valence-corrected chi connectivity index (χ1v) is 20.9. The Bertz CT molecular complexity index is 1900. The highest BCUT2D eigenvalue weighted by atomic mass is 17.2.